The first-order valence-electron chi connectivity index (χ1n) is 6.22. The third kappa shape index (κ3) is 2.55. The number of unbranched alkanes of at least 4 members (excludes halogenated alkanes) is 1. The number of rotatable bonds is 4. The highest BCUT2D eigenvalue weighted by atomic mass is 16.4. The minimum Gasteiger partial charge on any atom is -0.480 e. The van der Waals surface area contributed by atoms with Crippen molar-refractivity contribution >= 4 is 5.97 Å². The average Bonchev–Trinajstić information content (AvgIpc) is 2.38. The topological polar surface area (TPSA) is 40.5 Å². The zero-order valence-electron chi connectivity index (χ0n) is 10.3. The summed E-state index contributed by atoms with van der Waals surface area (Å²) in [6, 6.07) is 7.28. The molecule has 3 heteroatoms. The highest BCUT2D eigenvalue weighted by molar-refractivity contribution is 5.76. The lowest BCUT2D eigenvalue weighted by atomic mass is 9.92. The van der Waals surface area contributed by atoms with E-state index in [0.29, 0.717) is 6.42 Å². The Bertz CT molecular complexity index is 476. The van der Waals surface area contributed by atoms with E-state index in [2.05, 4.69) is 5.92 Å². The van der Waals surface area contributed by atoms with Crippen LogP contribution in [0.2, 0.25) is 0 Å². The van der Waals surface area contributed by atoms with Crippen molar-refractivity contribution in [2.24, 2.45) is 0 Å². The molecule has 1 heterocycles. The van der Waals surface area contributed by atoms with Crippen molar-refractivity contribution in [3.05, 3.63) is 35.4 Å². The largest absolute Gasteiger partial charge is 0.480 e. The van der Waals surface area contributed by atoms with Crippen LogP contribution >= 0.6 is 0 Å². The number of aliphatic carboxylic acids is 1. The molecule has 1 aliphatic rings. The van der Waals surface area contributed by atoms with Crippen LogP contribution in [0.5, 0.6) is 0 Å². The average molecular weight is 243 g/mol. The molecule has 0 radical (unpaired) electrons. The molecule has 2 rings (SSSR count). The number of hydrogen-bond acceptors (Lipinski definition) is 2. The molecule has 0 bridgehead atoms. The first kappa shape index (κ1) is 12.7. The molecule has 0 aromatic heterocycles. The normalized spacial score (nSPS) is 18.9. The number of carbonyl (C=O) groups is 1. The second kappa shape index (κ2) is 5.70. The van der Waals surface area contributed by atoms with Crippen LogP contribution in [-0.2, 0) is 11.2 Å². The predicted molar refractivity (Wildman–Crippen MR) is 70.2 cm³/mol. The smallest absolute Gasteiger partial charge is 0.325 e. The molecule has 3 nitrogen and oxygen atoms in total. The second-order valence-corrected chi connectivity index (χ2v) is 4.53. The van der Waals surface area contributed by atoms with Crippen LogP contribution in [0.1, 0.15) is 30.0 Å². The van der Waals surface area contributed by atoms with Crippen LogP contribution in [0, 0.1) is 12.3 Å². The van der Waals surface area contributed by atoms with Gasteiger partial charge in [-0.2, -0.15) is 0 Å². The van der Waals surface area contributed by atoms with Crippen molar-refractivity contribution in [2.45, 2.75) is 25.3 Å². The molecular weight excluding hydrogens is 226 g/mol. The van der Waals surface area contributed by atoms with E-state index < -0.39 is 12.0 Å². The summed E-state index contributed by atoms with van der Waals surface area (Å²) in [4.78, 5) is 13.5. The molecule has 0 saturated carbocycles. The Morgan fingerprint density at radius 1 is 1.50 bits per heavy atom. The molecule has 0 spiro atoms. The number of carboxylic acid groups (broad SMARTS) is 1. The van der Waals surface area contributed by atoms with Crippen LogP contribution in [-0.4, -0.2) is 29.1 Å². The molecule has 1 unspecified atom stereocenters. The zero-order chi connectivity index (χ0) is 13.0. The molecule has 1 aromatic carbocycles. The fraction of sp³-hybridized carbons (Fsp3) is 0.400. The molecule has 0 aliphatic carbocycles. The SMILES string of the molecule is C#CCCCN1CCc2ccccc2C1C(=O)O. The maximum atomic E-state index is 11.5. The summed E-state index contributed by atoms with van der Waals surface area (Å²) in [5, 5.41) is 9.43. The van der Waals surface area contributed by atoms with E-state index in [4.69, 9.17) is 6.42 Å². The van der Waals surface area contributed by atoms with E-state index in [0.717, 1.165) is 37.1 Å². The summed E-state index contributed by atoms with van der Waals surface area (Å²) in [5.41, 5.74) is 2.08. The van der Waals surface area contributed by atoms with Gasteiger partial charge in [0.25, 0.3) is 0 Å². The van der Waals surface area contributed by atoms with Gasteiger partial charge in [0.05, 0.1) is 0 Å². The Morgan fingerprint density at radius 3 is 3.00 bits per heavy atom. The Morgan fingerprint density at radius 2 is 2.28 bits per heavy atom. The molecule has 18 heavy (non-hydrogen) atoms. The first-order chi connectivity index (χ1) is 8.74. The van der Waals surface area contributed by atoms with Crippen molar-refractivity contribution in [2.75, 3.05) is 13.1 Å². The van der Waals surface area contributed by atoms with E-state index in [1.807, 2.05) is 29.2 Å². The minimum atomic E-state index is -0.775. The van der Waals surface area contributed by atoms with Crippen molar-refractivity contribution in [3.63, 3.8) is 0 Å². The lowest BCUT2D eigenvalue weighted by Crippen LogP contribution is -2.40. The van der Waals surface area contributed by atoms with Crippen LogP contribution in [0.3, 0.4) is 0 Å². The van der Waals surface area contributed by atoms with Crippen molar-refractivity contribution < 1.29 is 9.90 Å². The second-order valence-electron chi connectivity index (χ2n) is 4.53. The van der Waals surface area contributed by atoms with Crippen LogP contribution < -0.4 is 0 Å². The lowest BCUT2D eigenvalue weighted by Gasteiger charge is -2.34. The fourth-order valence-corrected chi connectivity index (χ4v) is 2.53. The van der Waals surface area contributed by atoms with Crippen molar-refractivity contribution in [1.82, 2.24) is 4.90 Å². The Hall–Kier alpha value is -1.79. The Balaban J connectivity index is 2.19. The molecule has 0 fully saturated rings. The molecule has 0 saturated heterocycles. The van der Waals surface area contributed by atoms with Crippen LogP contribution in [0.25, 0.3) is 0 Å². The van der Waals surface area contributed by atoms with Gasteiger partial charge in [-0.3, -0.25) is 9.69 Å². The van der Waals surface area contributed by atoms with E-state index >= 15 is 0 Å². The molecule has 1 N–H and O–H groups in total. The van der Waals surface area contributed by atoms with Crippen molar-refractivity contribution in [3.8, 4) is 12.3 Å². The van der Waals surface area contributed by atoms with E-state index in [-0.39, 0.29) is 0 Å². The molecule has 1 aliphatic heterocycles. The van der Waals surface area contributed by atoms with E-state index in [1.165, 1.54) is 0 Å². The summed E-state index contributed by atoms with van der Waals surface area (Å²) >= 11 is 0. The van der Waals surface area contributed by atoms with Crippen LogP contribution in [0.4, 0.5) is 0 Å². The highest BCUT2D eigenvalue weighted by Gasteiger charge is 2.31. The standard InChI is InChI=1S/C15H17NO2/c1-2-3-6-10-16-11-9-12-7-4-5-8-13(12)14(16)15(17)18/h1,4-5,7-8,14H,3,6,9-11H2,(H,17,18). The Labute approximate surface area is 107 Å². The van der Waals surface area contributed by atoms with Gasteiger partial charge < -0.3 is 5.11 Å². The predicted octanol–water partition coefficient (Wildman–Crippen LogP) is 2.08. The quantitative estimate of drug-likeness (QED) is 0.650. The zero-order valence-corrected chi connectivity index (χ0v) is 10.3. The maximum Gasteiger partial charge on any atom is 0.325 e. The maximum absolute atomic E-state index is 11.5. The summed E-state index contributed by atoms with van der Waals surface area (Å²) in [5.74, 6) is 1.82. The monoisotopic (exact) mass is 243 g/mol. The van der Waals surface area contributed by atoms with Gasteiger partial charge in [-0.15, -0.1) is 12.3 Å². The summed E-state index contributed by atoms with van der Waals surface area (Å²) in [7, 11) is 0. The van der Waals surface area contributed by atoms with Gasteiger partial charge in [0.2, 0.25) is 0 Å². The highest BCUT2D eigenvalue weighted by Crippen LogP contribution is 2.29. The van der Waals surface area contributed by atoms with E-state index in [9.17, 15) is 9.90 Å². The van der Waals surface area contributed by atoms with E-state index in [1.54, 1.807) is 0 Å². The molecule has 0 amide bonds. The number of hydrogen-bond donors (Lipinski definition) is 1. The lowest BCUT2D eigenvalue weighted by molar-refractivity contribution is -0.144. The number of benzene rings is 1. The first-order valence-corrected chi connectivity index (χ1v) is 6.22. The van der Waals surface area contributed by atoms with Crippen molar-refractivity contribution in [1.29, 1.82) is 0 Å². The summed E-state index contributed by atoms with van der Waals surface area (Å²) < 4.78 is 0. The van der Waals surface area contributed by atoms with Gasteiger partial charge in [0.15, 0.2) is 0 Å². The van der Waals surface area contributed by atoms with Gasteiger partial charge in [0, 0.05) is 19.5 Å². The Kier molecular flexibility index (Phi) is 4.01. The number of carboxylic acids is 1. The molecule has 1 aromatic rings. The van der Waals surface area contributed by atoms with Crippen LogP contribution in [0.15, 0.2) is 24.3 Å². The number of fused-ring (bicyclic) bond motifs is 1. The molecule has 94 valence electrons. The number of terminal acetylenes is 1. The van der Waals surface area contributed by atoms with Gasteiger partial charge >= 0.3 is 5.97 Å². The van der Waals surface area contributed by atoms with Gasteiger partial charge in [-0.25, -0.2) is 0 Å². The third-order valence-corrected chi connectivity index (χ3v) is 3.38. The third-order valence-electron chi connectivity index (χ3n) is 3.38. The molecule has 1 atom stereocenters. The van der Waals surface area contributed by atoms with Gasteiger partial charge in [-0.1, -0.05) is 24.3 Å². The van der Waals surface area contributed by atoms with Gasteiger partial charge in [0.1, 0.15) is 6.04 Å². The summed E-state index contributed by atoms with van der Waals surface area (Å²) in [6.07, 6.45) is 7.69. The summed E-state index contributed by atoms with van der Waals surface area (Å²) in [6.45, 7) is 1.54. The minimum absolute atomic E-state index is 0.521. The fourth-order valence-electron chi connectivity index (χ4n) is 2.53. The van der Waals surface area contributed by atoms with Gasteiger partial charge in [-0.05, 0) is 24.0 Å². The number of nitrogens with zero attached hydrogens (tertiary/aromatic N) is 1. The molecular formula is C15H17NO2.